The SMILES string of the molecule is Cc1cccc(-c2c(-c3ccc4ncc(NC(=O)O)cc4c3)ncn2COCC[Si](C)(C)C)n1. The smallest absolute Gasteiger partial charge is 0.409 e. The molecule has 0 saturated carbocycles. The van der Waals surface area contributed by atoms with Crippen molar-refractivity contribution in [3.8, 4) is 22.6 Å². The van der Waals surface area contributed by atoms with Gasteiger partial charge < -0.3 is 14.4 Å². The Morgan fingerprint density at radius 3 is 2.71 bits per heavy atom. The largest absolute Gasteiger partial charge is 0.465 e. The zero-order valence-electron chi connectivity index (χ0n) is 19.9. The standard InChI is InChI=1S/C25H29N5O3Si/c1-17-6-5-7-22(28-17)24-23(27-15-30(24)16-33-10-11-34(2,3)4)18-8-9-21-19(12-18)13-20(14-26-21)29-25(31)32/h5-9,12-15,29H,10-11,16H2,1-4H3,(H,31,32). The minimum atomic E-state index is -1.18. The van der Waals surface area contributed by atoms with E-state index in [0.717, 1.165) is 45.3 Å². The molecule has 3 aromatic heterocycles. The lowest BCUT2D eigenvalue weighted by Gasteiger charge is -2.16. The van der Waals surface area contributed by atoms with Gasteiger partial charge in [-0.1, -0.05) is 31.8 Å². The summed E-state index contributed by atoms with van der Waals surface area (Å²) in [6, 6.07) is 14.6. The third-order valence-corrected chi connectivity index (χ3v) is 7.11. The van der Waals surface area contributed by atoms with Crippen LogP contribution in [0.15, 0.2) is 55.0 Å². The summed E-state index contributed by atoms with van der Waals surface area (Å²) in [6.07, 6.45) is 2.16. The number of amides is 1. The van der Waals surface area contributed by atoms with E-state index in [4.69, 9.17) is 19.8 Å². The number of anilines is 1. The highest BCUT2D eigenvalue weighted by molar-refractivity contribution is 6.76. The Kier molecular flexibility index (Phi) is 6.76. The van der Waals surface area contributed by atoms with E-state index in [0.29, 0.717) is 19.0 Å². The number of aryl methyl sites for hydroxylation is 1. The van der Waals surface area contributed by atoms with Crippen LogP contribution in [0, 0.1) is 6.92 Å². The lowest BCUT2D eigenvalue weighted by Crippen LogP contribution is -2.22. The summed E-state index contributed by atoms with van der Waals surface area (Å²) >= 11 is 0. The van der Waals surface area contributed by atoms with Crippen molar-refractivity contribution in [2.75, 3.05) is 11.9 Å². The van der Waals surface area contributed by atoms with Crippen molar-refractivity contribution >= 4 is 30.8 Å². The fourth-order valence-corrected chi connectivity index (χ4v) is 4.40. The molecular formula is C25H29N5O3Si. The van der Waals surface area contributed by atoms with Crippen LogP contribution in [0.2, 0.25) is 25.7 Å². The van der Waals surface area contributed by atoms with E-state index in [-0.39, 0.29) is 0 Å². The summed E-state index contributed by atoms with van der Waals surface area (Å²) in [5.74, 6) is 0. The number of fused-ring (bicyclic) bond motifs is 1. The Morgan fingerprint density at radius 1 is 1.15 bits per heavy atom. The molecule has 2 N–H and O–H groups in total. The molecule has 8 nitrogen and oxygen atoms in total. The van der Waals surface area contributed by atoms with Gasteiger partial charge in [0.15, 0.2) is 0 Å². The zero-order valence-corrected chi connectivity index (χ0v) is 20.9. The molecule has 0 aliphatic heterocycles. The van der Waals surface area contributed by atoms with Crippen molar-refractivity contribution in [2.45, 2.75) is 39.3 Å². The molecule has 0 aliphatic carbocycles. The quantitative estimate of drug-likeness (QED) is 0.244. The van der Waals surface area contributed by atoms with Crippen molar-refractivity contribution in [3.63, 3.8) is 0 Å². The van der Waals surface area contributed by atoms with Crippen molar-refractivity contribution < 1.29 is 14.6 Å². The molecule has 0 unspecified atom stereocenters. The number of hydrogen-bond donors (Lipinski definition) is 2. The van der Waals surface area contributed by atoms with Gasteiger partial charge in [-0.2, -0.15) is 0 Å². The second-order valence-electron chi connectivity index (χ2n) is 9.49. The van der Waals surface area contributed by atoms with E-state index < -0.39 is 14.2 Å². The Bertz CT molecular complexity index is 1330. The normalized spacial score (nSPS) is 11.6. The second-order valence-corrected chi connectivity index (χ2v) is 15.1. The van der Waals surface area contributed by atoms with Crippen LogP contribution in [0.5, 0.6) is 0 Å². The minimum absolute atomic E-state index is 0.393. The van der Waals surface area contributed by atoms with Gasteiger partial charge in [0.05, 0.1) is 40.8 Å². The average Bonchev–Trinajstić information content (AvgIpc) is 3.19. The summed E-state index contributed by atoms with van der Waals surface area (Å²) in [7, 11) is -1.18. The number of rotatable bonds is 8. The van der Waals surface area contributed by atoms with Gasteiger partial charge in [-0.05, 0) is 43.3 Å². The molecule has 0 aliphatic rings. The molecule has 4 rings (SSSR count). The number of imidazole rings is 1. The first kappa shape index (κ1) is 23.6. The highest BCUT2D eigenvalue weighted by Gasteiger charge is 2.18. The van der Waals surface area contributed by atoms with E-state index in [2.05, 4.69) is 29.9 Å². The van der Waals surface area contributed by atoms with Crippen LogP contribution in [-0.2, 0) is 11.5 Å². The van der Waals surface area contributed by atoms with E-state index in [9.17, 15) is 4.79 Å². The minimum Gasteiger partial charge on any atom is -0.465 e. The fraction of sp³-hybridized carbons (Fsp3) is 0.280. The molecule has 0 fully saturated rings. The van der Waals surface area contributed by atoms with Crippen LogP contribution in [0.25, 0.3) is 33.5 Å². The van der Waals surface area contributed by atoms with Crippen LogP contribution >= 0.6 is 0 Å². The third-order valence-electron chi connectivity index (χ3n) is 5.40. The van der Waals surface area contributed by atoms with Gasteiger partial charge >= 0.3 is 6.09 Å². The van der Waals surface area contributed by atoms with E-state index >= 15 is 0 Å². The Balaban J connectivity index is 1.72. The number of nitrogens with one attached hydrogen (secondary N) is 1. The molecule has 4 aromatic rings. The maximum atomic E-state index is 11.0. The lowest BCUT2D eigenvalue weighted by atomic mass is 10.0. The van der Waals surface area contributed by atoms with Gasteiger partial charge in [-0.25, -0.2) is 9.78 Å². The number of carbonyl (C=O) groups is 1. The fourth-order valence-electron chi connectivity index (χ4n) is 3.65. The van der Waals surface area contributed by atoms with Gasteiger partial charge in [0.2, 0.25) is 0 Å². The average molecular weight is 476 g/mol. The number of aromatic nitrogens is 4. The summed E-state index contributed by atoms with van der Waals surface area (Å²) in [5.41, 5.74) is 5.47. The molecular weight excluding hydrogens is 446 g/mol. The maximum Gasteiger partial charge on any atom is 0.409 e. The van der Waals surface area contributed by atoms with Crippen molar-refractivity contribution in [3.05, 3.63) is 60.7 Å². The zero-order chi connectivity index (χ0) is 24.3. The Hall–Kier alpha value is -3.56. The van der Waals surface area contributed by atoms with Crippen LogP contribution in [0.1, 0.15) is 5.69 Å². The Morgan fingerprint density at radius 2 is 1.97 bits per heavy atom. The number of carboxylic acid groups (broad SMARTS) is 1. The third kappa shape index (κ3) is 5.67. The predicted molar refractivity (Wildman–Crippen MR) is 137 cm³/mol. The highest BCUT2D eigenvalue weighted by Crippen LogP contribution is 2.32. The predicted octanol–water partition coefficient (Wildman–Crippen LogP) is 5.87. The number of ether oxygens (including phenoxy) is 1. The molecule has 0 saturated heterocycles. The molecule has 34 heavy (non-hydrogen) atoms. The molecule has 0 bridgehead atoms. The van der Waals surface area contributed by atoms with Crippen LogP contribution in [0.3, 0.4) is 0 Å². The number of hydrogen-bond acceptors (Lipinski definition) is 5. The summed E-state index contributed by atoms with van der Waals surface area (Å²) < 4.78 is 8.01. The first-order valence-electron chi connectivity index (χ1n) is 11.2. The topological polar surface area (TPSA) is 102 Å². The molecule has 0 atom stereocenters. The van der Waals surface area contributed by atoms with Crippen molar-refractivity contribution in [2.24, 2.45) is 0 Å². The van der Waals surface area contributed by atoms with Gasteiger partial charge in [-0.15, -0.1) is 0 Å². The van der Waals surface area contributed by atoms with Crippen LogP contribution in [-0.4, -0.2) is 45.4 Å². The number of benzene rings is 1. The summed E-state index contributed by atoms with van der Waals surface area (Å²) in [4.78, 5) is 24.8. The van der Waals surface area contributed by atoms with E-state index in [1.54, 1.807) is 12.4 Å². The molecule has 0 radical (unpaired) electrons. The maximum absolute atomic E-state index is 11.0. The van der Waals surface area contributed by atoms with E-state index in [1.807, 2.05) is 47.9 Å². The second kappa shape index (κ2) is 9.74. The van der Waals surface area contributed by atoms with Gasteiger partial charge in [0, 0.05) is 31.3 Å². The molecule has 9 heteroatoms. The molecule has 1 amide bonds. The summed E-state index contributed by atoms with van der Waals surface area (Å²) in [6.45, 7) is 10.1. The first-order chi connectivity index (χ1) is 16.2. The highest BCUT2D eigenvalue weighted by atomic mass is 28.3. The van der Waals surface area contributed by atoms with E-state index in [1.165, 1.54) is 6.20 Å². The van der Waals surface area contributed by atoms with Gasteiger partial charge in [0.1, 0.15) is 6.73 Å². The lowest BCUT2D eigenvalue weighted by molar-refractivity contribution is 0.0881. The van der Waals surface area contributed by atoms with Crippen molar-refractivity contribution in [1.82, 2.24) is 19.5 Å². The number of pyridine rings is 2. The van der Waals surface area contributed by atoms with Crippen LogP contribution in [0.4, 0.5) is 10.5 Å². The monoisotopic (exact) mass is 475 g/mol. The van der Waals surface area contributed by atoms with Crippen molar-refractivity contribution in [1.29, 1.82) is 0 Å². The molecule has 176 valence electrons. The molecule has 1 aromatic carbocycles. The number of nitrogens with zero attached hydrogens (tertiary/aromatic N) is 4. The Labute approximate surface area is 199 Å². The van der Waals surface area contributed by atoms with Gasteiger partial charge in [-0.3, -0.25) is 15.3 Å². The van der Waals surface area contributed by atoms with Gasteiger partial charge in [0.25, 0.3) is 0 Å². The summed E-state index contributed by atoms with van der Waals surface area (Å²) in [5, 5.41) is 12.2. The molecule has 3 heterocycles. The molecule has 0 spiro atoms. The first-order valence-corrected chi connectivity index (χ1v) is 14.9. The van der Waals surface area contributed by atoms with Crippen LogP contribution < -0.4 is 5.32 Å².